The highest BCUT2D eigenvalue weighted by molar-refractivity contribution is 6.05. The summed E-state index contributed by atoms with van der Waals surface area (Å²) in [5.74, 6) is -0.982. The van der Waals surface area contributed by atoms with E-state index in [9.17, 15) is 8.78 Å². The van der Waals surface area contributed by atoms with E-state index in [1.54, 1.807) is 25.1 Å². The van der Waals surface area contributed by atoms with Gasteiger partial charge in [-0.1, -0.05) is 12.1 Å². The highest BCUT2D eigenvalue weighted by Gasteiger charge is 2.17. The minimum Gasteiger partial charge on any atom is -0.494 e. The first-order chi connectivity index (χ1) is 8.63. The van der Waals surface area contributed by atoms with Crippen molar-refractivity contribution in [3.05, 3.63) is 41.5 Å². The van der Waals surface area contributed by atoms with Gasteiger partial charge in [0.25, 0.3) is 0 Å². The summed E-state index contributed by atoms with van der Waals surface area (Å²) in [6, 6.07) is 6.54. The lowest BCUT2D eigenvalue weighted by Gasteiger charge is -2.00. The molecular weight excluding hydrogens is 238 g/mol. The Hall–Kier alpha value is -2.10. The Morgan fingerprint density at radius 3 is 2.22 bits per heavy atom. The largest absolute Gasteiger partial charge is 0.494 e. The fourth-order valence-electron chi connectivity index (χ4n) is 2.08. The van der Waals surface area contributed by atoms with Crippen molar-refractivity contribution in [2.45, 2.75) is 6.92 Å². The topological polar surface area (TPSA) is 22.4 Å². The fraction of sp³-hybridized carbons (Fsp3) is 0.143. The minimum absolute atomic E-state index is 0.0221. The number of halogens is 2. The molecule has 0 N–H and O–H groups in total. The number of methoxy groups -OCH3 is 1. The van der Waals surface area contributed by atoms with Gasteiger partial charge in [0.2, 0.25) is 5.82 Å². The molecule has 0 atom stereocenters. The molecule has 0 aliphatic rings. The Morgan fingerprint density at radius 2 is 1.56 bits per heavy atom. The SMILES string of the molecule is COc1ccc2c(oc3c(F)c(C)ccc32)c1F. The number of rotatable bonds is 1. The zero-order valence-electron chi connectivity index (χ0n) is 9.88. The summed E-state index contributed by atoms with van der Waals surface area (Å²) in [5.41, 5.74) is 0.569. The molecule has 3 rings (SSSR count). The molecule has 0 fully saturated rings. The molecule has 0 aliphatic carbocycles. The van der Waals surface area contributed by atoms with Crippen LogP contribution in [-0.2, 0) is 0 Å². The van der Waals surface area contributed by atoms with E-state index in [-0.39, 0.29) is 16.9 Å². The van der Waals surface area contributed by atoms with Gasteiger partial charge in [-0.05, 0) is 24.6 Å². The zero-order chi connectivity index (χ0) is 12.9. The van der Waals surface area contributed by atoms with Gasteiger partial charge in [-0.3, -0.25) is 0 Å². The van der Waals surface area contributed by atoms with Crippen LogP contribution in [0, 0.1) is 18.6 Å². The average molecular weight is 248 g/mol. The molecule has 18 heavy (non-hydrogen) atoms. The van der Waals surface area contributed by atoms with Crippen molar-refractivity contribution >= 4 is 21.9 Å². The molecule has 0 spiro atoms. The molecule has 0 unspecified atom stereocenters. The zero-order valence-corrected chi connectivity index (χ0v) is 9.88. The second kappa shape index (κ2) is 3.70. The lowest BCUT2D eigenvalue weighted by Crippen LogP contribution is -1.87. The van der Waals surface area contributed by atoms with Crippen LogP contribution < -0.4 is 4.74 Å². The van der Waals surface area contributed by atoms with Gasteiger partial charge < -0.3 is 9.15 Å². The van der Waals surface area contributed by atoms with Crippen molar-refractivity contribution in [3.8, 4) is 5.75 Å². The van der Waals surface area contributed by atoms with Crippen LogP contribution in [-0.4, -0.2) is 7.11 Å². The molecule has 3 aromatic rings. The van der Waals surface area contributed by atoms with Crippen LogP contribution >= 0.6 is 0 Å². The second-order valence-corrected chi connectivity index (χ2v) is 4.13. The van der Waals surface area contributed by atoms with E-state index in [1.807, 2.05) is 0 Å². The van der Waals surface area contributed by atoms with Gasteiger partial charge in [0.1, 0.15) is 0 Å². The third-order valence-corrected chi connectivity index (χ3v) is 3.07. The molecule has 0 saturated heterocycles. The van der Waals surface area contributed by atoms with Gasteiger partial charge in [0, 0.05) is 10.8 Å². The maximum atomic E-state index is 14.0. The van der Waals surface area contributed by atoms with Gasteiger partial charge in [0.05, 0.1) is 7.11 Å². The lowest BCUT2D eigenvalue weighted by atomic mass is 10.1. The van der Waals surface area contributed by atoms with E-state index in [1.165, 1.54) is 13.2 Å². The smallest absolute Gasteiger partial charge is 0.208 e. The Bertz CT molecular complexity index is 759. The number of furan rings is 1. The van der Waals surface area contributed by atoms with Crippen LogP contribution in [0.1, 0.15) is 5.56 Å². The summed E-state index contributed by atoms with van der Waals surface area (Å²) in [6.07, 6.45) is 0. The third kappa shape index (κ3) is 1.32. The first-order valence-corrected chi connectivity index (χ1v) is 5.47. The predicted molar refractivity (Wildman–Crippen MR) is 64.9 cm³/mol. The van der Waals surface area contributed by atoms with Crippen LogP contribution in [0.25, 0.3) is 21.9 Å². The Kier molecular flexibility index (Phi) is 2.26. The summed E-state index contributed by atoms with van der Waals surface area (Å²) < 4.78 is 38.1. The molecule has 0 saturated carbocycles. The van der Waals surface area contributed by atoms with Gasteiger partial charge in [-0.25, -0.2) is 4.39 Å². The van der Waals surface area contributed by atoms with Crippen molar-refractivity contribution in [1.29, 1.82) is 0 Å². The van der Waals surface area contributed by atoms with E-state index >= 15 is 0 Å². The summed E-state index contributed by atoms with van der Waals surface area (Å²) in [5, 5.41) is 1.11. The maximum absolute atomic E-state index is 14.0. The molecule has 0 aliphatic heterocycles. The summed E-state index contributed by atoms with van der Waals surface area (Å²) >= 11 is 0. The first kappa shape index (κ1) is 11.0. The summed E-state index contributed by atoms with van der Waals surface area (Å²) in [7, 11) is 1.37. The molecule has 4 heteroatoms. The second-order valence-electron chi connectivity index (χ2n) is 4.13. The number of hydrogen-bond acceptors (Lipinski definition) is 2. The van der Waals surface area contributed by atoms with Crippen LogP contribution in [0.2, 0.25) is 0 Å². The molecule has 92 valence electrons. The molecule has 2 nitrogen and oxygen atoms in total. The molecule has 2 aromatic carbocycles. The van der Waals surface area contributed by atoms with Gasteiger partial charge in [-0.15, -0.1) is 0 Å². The van der Waals surface area contributed by atoms with E-state index in [4.69, 9.17) is 9.15 Å². The van der Waals surface area contributed by atoms with Crippen LogP contribution in [0.4, 0.5) is 8.78 Å². The standard InChI is InChI=1S/C14H10F2O2/c1-7-3-4-8-9-5-6-10(17-2)12(16)14(9)18-13(8)11(7)15/h3-6H,1-2H3. The van der Waals surface area contributed by atoms with E-state index < -0.39 is 11.6 Å². The number of hydrogen-bond donors (Lipinski definition) is 0. The number of benzene rings is 2. The van der Waals surface area contributed by atoms with Crippen molar-refractivity contribution < 1.29 is 17.9 Å². The predicted octanol–water partition coefficient (Wildman–Crippen LogP) is 4.18. The third-order valence-electron chi connectivity index (χ3n) is 3.07. The van der Waals surface area contributed by atoms with Gasteiger partial charge in [-0.2, -0.15) is 4.39 Å². The molecular formula is C14H10F2O2. The highest BCUT2D eigenvalue weighted by atomic mass is 19.1. The van der Waals surface area contributed by atoms with Crippen molar-refractivity contribution in [1.82, 2.24) is 0 Å². The van der Waals surface area contributed by atoms with Crippen molar-refractivity contribution in [2.75, 3.05) is 7.11 Å². The highest BCUT2D eigenvalue weighted by Crippen LogP contribution is 2.35. The number of ether oxygens (including phenoxy) is 1. The van der Waals surface area contributed by atoms with Gasteiger partial charge >= 0.3 is 0 Å². The normalized spacial score (nSPS) is 11.3. The molecule has 1 heterocycles. The van der Waals surface area contributed by atoms with Crippen molar-refractivity contribution in [2.24, 2.45) is 0 Å². The summed E-state index contributed by atoms with van der Waals surface area (Å²) in [6.45, 7) is 1.64. The molecule has 0 bridgehead atoms. The fourth-order valence-corrected chi connectivity index (χ4v) is 2.08. The van der Waals surface area contributed by atoms with Gasteiger partial charge in [0.15, 0.2) is 22.7 Å². The maximum Gasteiger partial charge on any atom is 0.208 e. The van der Waals surface area contributed by atoms with E-state index in [2.05, 4.69) is 0 Å². The average Bonchev–Trinajstić information content (AvgIpc) is 2.75. The lowest BCUT2D eigenvalue weighted by molar-refractivity contribution is 0.385. The van der Waals surface area contributed by atoms with E-state index in [0.29, 0.717) is 16.3 Å². The number of aryl methyl sites for hydroxylation is 1. The first-order valence-electron chi connectivity index (χ1n) is 5.47. The quantitative estimate of drug-likeness (QED) is 0.644. The number of fused-ring (bicyclic) bond motifs is 3. The monoisotopic (exact) mass is 248 g/mol. The molecule has 0 amide bonds. The minimum atomic E-state index is -0.608. The van der Waals surface area contributed by atoms with E-state index in [0.717, 1.165) is 0 Å². The molecule has 1 aromatic heterocycles. The van der Waals surface area contributed by atoms with Crippen LogP contribution in [0.3, 0.4) is 0 Å². The summed E-state index contributed by atoms with van der Waals surface area (Å²) in [4.78, 5) is 0. The Balaban J connectivity index is 2.50. The Morgan fingerprint density at radius 1 is 0.944 bits per heavy atom. The van der Waals surface area contributed by atoms with Crippen LogP contribution in [0.5, 0.6) is 5.75 Å². The van der Waals surface area contributed by atoms with Crippen molar-refractivity contribution in [3.63, 3.8) is 0 Å². The Labute approximate surface area is 102 Å². The van der Waals surface area contributed by atoms with Crippen LogP contribution in [0.15, 0.2) is 28.7 Å². The molecule has 0 radical (unpaired) electrons.